The van der Waals surface area contributed by atoms with Crippen LogP contribution in [0.3, 0.4) is 0 Å². The summed E-state index contributed by atoms with van der Waals surface area (Å²) >= 11 is 0. The first-order valence-corrected chi connectivity index (χ1v) is 9.51. The monoisotopic (exact) mass is 389 g/mol. The van der Waals surface area contributed by atoms with Crippen molar-refractivity contribution in [2.75, 3.05) is 0 Å². The van der Waals surface area contributed by atoms with Crippen molar-refractivity contribution in [2.24, 2.45) is 5.73 Å². The summed E-state index contributed by atoms with van der Waals surface area (Å²) in [6.45, 7) is 0. The van der Waals surface area contributed by atoms with Gasteiger partial charge in [0.1, 0.15) is 6.17 Å². The van der Waals surface area contributed by atoms with Gasteiger partial charge in [0, 0.05) is 40.6 Å². The molecule has 0 aliphatic heterocycles. The second kappa shape index (κ2) is 8.20. The lowest BCUT2D eigenvalue weighted by molar-refractivity contribution is -0.123. The van der Waals surface area contributed by atoms with Gasteiger partial charge >= 0.3 is 0 Å². The minimum Gasteiger partial charge on any atom is -0.361 e. The van der Waals surface area contributed by atoms with Crippen molar-refractivity contribution in [1.82, 2.24) is 20.6 Å². The third-order valence-corrected chi connectivity index (χ3v) is 5.14. The molecule has 2 heterocycles. The van der Waals surface area contributed by atoms with E-state index in [0.717, 1.165) is 32.9 Å². The van der Waals surface area contributed by atoms with Crippen LogP contribution in [-0.4, -0.2) is 34.5 Å². The van der Waals surface area contributed by atoms with Crippen LogP contribution in [0.1, 0.15) is 11.1 Å². The summed E-state index contributed by atoms with van der Waals surface area (Å²) in [5, 5.41) is 7.63. The van der Waals surface area contributed by atoms with E-state index in [9.17, 15) is 9.59 Å². The Morgan fingerprint density at radius 3 is 2.07 bits per heavy atom. The predicted octanol–water partition coefficient (Wildman–Crippen LogP) is 1.95. The molecule has 148 valence electrons. The van der Waals surface area contributed by atoms with Crippen molar-refractivity contribution in [3.05, 3.63) is 72.1 Å². The third kappa shape index (κ3) is 4.00. The number of nitrogens with one attached hydrogen (secondary N) is 4. The normalized spacial score (nSPS) is 13.3. The first kappa shape index (κ1) is 18.8. The van der Waals surface area contributed by atoms with E-state index in [-0.39, 0.29) is 5.91 Å². The Morgan fingerprint density at radius 1 is 0.931 bits per heavy atom. The van der Waals surface area contributed by atoms with Crippen LogP contribution in [0.15, 0.2) is 60.9 Å². The van der Waals surface area contributed by atoms with E-state index in [4.69, 9.17) is 5.73 Å². The smallest absolute Gasteiger partial charge is 0.238 e. The molecule has 0 saturated carbocycles. The summed E-state index contributed by atoms with van der Waals surface area (Å²) in [5.74, 6) is -0.311. The van der Waals surface area contributed by atoms with Crippen LogP contribution in [0.4, 0.5) is 0 Å². The van der Waals surface area contributed by atoms with Crippen molar-refractivity contribution < 1.29 is 9.59 Å². The SMILES string of the molecule is N[C@H](Cc1c[nH]c2ccccc12)C(=O)N[C@@H](Cc1c[nH]c2ccccc12)NC=O. The maximum absolute atomic E-state index is 12.7. The van der Waals surface area contributed by atoms with Gasteiger partial charge in [-0.2, -0.15) is 0 Å². The summed E-state index contributed by atoms with van der Waals surface area (Å²) < 4.78 is 0. The molecular formula is C22H23N5O2. The Labute approximate surface area is 167 Å². The number of nitrogens with two attached hydrogens (primary N) is 1. The first-order chi connectivity index (χ1) is 14.2. The van der Waals surface area contributed by atoms with Gasteiger partial charge in [0.25, 0.3) is 0 Å². The number of rotatable bonds is 8. The average molecular weight is 389 g/mol. The molecule has 4 rings (SSSR count). The van der Waals surface area contributed by atoms with E-state index in [1.807, 2.05) is 60.9 Å². The van der Waals surface area contributed by atoms with Crippen LogP contribution < -0.4 is 16.4 Å². The quantitative estimate of drug-likeness (QED) is 0.234. The number of para-hydroxylation sites is 2. The Hall–Kier alpha value is -3.58. The molecule has 0 saturated heterocycles. The molecule has 0 bridgehead atoms. The maximum Gasteiger partial charge on any atom is 0.238 e. The van der Waals surface area contributed by atoms with Crippen molar-refractivity contribution in [3.63, 3.8) is 0 Å². The lowest BCUT2D eigenvalue weighted by Gasteiger charge is -2.20. The molecule has 7 heteroatoms. The van der Waals surface area contributed by atoms with Gasteiger partial charge in [-0.25, -0.2) is 0 Å². The number of H-pyrrole nitrogens is 2. The highest BCUT2D eigenvalue weighted by molar-refractivity contribution is 5.86. The summed E-state index contributed by atoms with van der Waals surface area (Å²) in [4.78, 5) is 30.1. The molecule has 0 aliphatic rings. The molecule has 0 aliphatic carbocycles. The molecule has 2 amide bonds. The number of aromatic nitrogens is 2. The van der Waals surface area contributed by atoms with Gasteiger partial charge in [-0.3, -0.25) is 9.59 Å². The molecule has 2 aromatic heterocycles. The van der Waals surface area contributed by atoms with Gasteiger partial charge in [-0.1, -0.05) is 36.4 Å². The lowest BCUT2D eigenvalue weighted by atomic mass is 10.0. The Bertz CT molecular complexity index is 1150. The second-order valence-electron chi connectivity index (χ2n) is 7.08. The number of hydrogen-bond acceptors (Lipinski definition) is 3. The highest BCUT2D eigenvalue weighted by Gasteiger charge is 2.20. The number of aromatic amines is 2. The number of carbonyl (C=O) groups excluding carboxylic acids is 2. The van der Waals surface area contributed by atoms with Crippen LogP contribution in [0, 0.1) is 0 Å². The van der Waals surface area contributed by atoms with Gasteiger partial charge in [0.2, 0.25) is 12.3 Å². The van der Waals surface area contributed by atoms with Crippen LogP contribution in [-0.2, 0) is 22.4 Å². The lowest BCUT2D eigenvalue weighted by Crippen LogP contribution is -2.52. The molecule has 2 atom stereocenters. The molecule has 2 aromatic carbocycles. The number of amides is 2. The van der Waals surface area contributed by atoms with E-state index in [2.05, 4.69) is 20.6 Å². The summed E-state index contributed by atoms with van der Waals surface area (Å²) in [7, 11) is 0. The zero-order chi connectivity index (χ0) is 20.2. The minimum absolute atomic E-state index is 0.311. The first-order valence-electron chi connectivity index (χ1n) is 9.51. The van der Waals surface area contributed by atoms with Gasteiger partial charge in [0.05, 0.1) is 6.04 Å². The summed E-state index contributed by atoms with van der Waals surface area (Å²) in [6, 6.07) is 15.1. The minimum atomic E-state index is -0.729. The number of carbonyl (C=O) groups is 2. The van der Waals surface area contributed by atoms with E-state index < -0.39 is 12.2 Å². The highest BCUT2D eigenvalue weighted by Crippen LogP contribution is 2.20. The van der Waals surface area contributed by atoms with E-state index in [1.54, 1.807) is 0 Å². The zero-order valence-electron chi connectivity index (χ0n) is 15.8. The van der Waals surface area contributed by atoms with Crippen LogP contribution in [0.2, 0.25) is 0 Å². The fourth-order valence-corrected chi connectivity index (χ4v) is 3.66. The summed E-state index contributed by atoms with van der Waals surface area (Å²) in [6.07, 6.45) is 4.66. The molecule has 7 nitrogen and oxygen atoms in total. The predicted molar refractivity (Wildman–Crippen MR) is 113 cm³/mol. The van der Waals surface area contributed by atoms with Crippen molar-refractivity contribution >= 4 is 34.1 Å². The van der Waals surface area contributed by atoms with Crippen LogP contribution in [0.25, 0.3) is 21.8 Å². The Morgan fingerprint density at radius 2 is 1.48 bits per heavy atom. The van der Waals surface area contributed by atoms with Crippen molar-refractivity contribution in [2.45, 2.75) is 25.0 Å². The van der Waals surface area contributed by atoms with Gasteiger partial charge in [0.15, 0.2) is 0 Å². The zero-order valence-corrected chi connectivity index (χ0v) is 15.8. The highest BCUT2D eigenvalue weighted by atomic mass is 16.2. The fourth-order valence-electron chi connectivity index (χ4n) is 3.66. The topological polar surface area (TPSA) is 116 Å². The molecule has 0 spiro atoms. The largest absolute Gasteiger partial charge is 0.361 e. The summed E-state index contributed by atoms with van der Waals surface area (Å²) in [5.41, 5.74) is 10.2. The number of hydrogen-bond donors (Lipinski definition) is 5. The van der Waals surface area contributed by atoms with Gasteiger partial charge in [-0.05, 0) is 29.7 Å². The van der Waals surface area contributed by atoms with Crippen molar-refractivity contribution in [1.29, 1.82) is 0 Å². The molecule has 0 unspecified atom stereocenters. The standard InChI is InChI=1S/C22H23N5O2/c23-18(9-14-11-24-19-7-3-1-5-16(14)19)22(29)27-21(26-13-28)10-15-12-25-20-8-4-2-6-17(15)20/h1-8,11-13,18,21,24-25H,9-10,23H2,(H,26,28)(H,27,29)/t18-,21+/m1/s1. The van der Waals surface area contributed by atoms with Crippen LogP contribution >= 0.6 is 0 Å². The molecule has 6 N–H and O–H groups in total. The number of fused-ring (bicyclic) bond motifs is 2. The van der Waals surface area contributed by atoms with Crippen molar-refractivity contribution in [3.8, 4) is 0 Å². The number of benzene rings is 2. The second-order valence-corrected chi connectivity index (χ2v) is 7.08. The molecule has 0 radical (unpaired) electrons. The molecule has 4 aromatic rings. The van der Waals surface area contributed by atoms with Gasteiger partial charge < -0.3 is 26.3 Å². The molecule has 29 heavy (non-hydrogen) atoms. The third-order valence-electron chi connectivity index (χ3n) is 5.14. The molecular weight excluding hydrogens is 366 g/mol. The van der Waals surface area contributed by atoms with E-state index in [0.29, 0.717) is 19.3 Å². The maximum atomic E-state index is 12.7. The average Bonchev–Trinajstić information content (AvgIpc) is 3.33. The Kier molecular flexibility index (Phi) is 5.31. The van der Waals surface area contributed by atoms with Crippen LogP contribution in [0.5, 0.6) is 0 Å². The van der Waals surface area contributed by atoms with E-state index >= 15 is 0 Å². The fraction of sp³-hybridized carbons (Fsp3) is 0.182. The van der Waals surface area contributed by atoms with Gasteiger partial charge in [-0.15, -0.1) is 0 Å². The molecule has 0 fully saturated rings. The van der Waals surface area contributed by atoms with E-state index in [1.165, 1.54) is 0 Å². The Balaban J connectivity index is 1.44.